The molecule has 1 fully saturated rings. The van der Waals surface area contributed by atoms with Crippen LogP contribution in [0.3, 0.4) is 0 Å². The second-order valence-corrected chi connectivity index (χ2v) is 7.40. The van der Waals surface area contributed by atoms with Gasteiger partial charge >= 0.3 is 0 Å². The highest BCUT2D eigenvalue weighted by molar-refractivity contribution is 6.30. The number of amides is 1. The SMILES string of the molecule is NCC1CCCN1C(=O)Cn1c(COc2ccc(Cl)cc2)nc2ccccc21. The zero-order valence-electron chi connectivity index (χ0n) is 15.6. The number of hydrogen-bond donors (Lipinski definition) is 1. The lowest BCUT2D eigenvalue weighted by Gasteiger charge is -2.24. The van der Waals surface area contributed by atoms with Gasteiger partial charge in [-0.3, -0.25) is 4.79 Å². The number of carbonyl (C=O) groups excluding carboxylic acids is 1. The number of benzene rings is 2. The van der Waals surface area contributed by atoms with Crippen molar-refractivity contribution in [2.45, 2.75) is 32.0 Å². The molecule has 1 unspecified atom stereocenters. The molecule has 6 nitrogen and oxygen atoms in total. The number of halogens is 1. The van der Waals surface area contributed by atoms with E-state index < -0.39 is 0 Å². The molecule has 0 bridgehead atoms. The van der Waals surface area contributed by atoms with Crippen molar-refractivity contribution >= 4 is 28.5 Å². The first-order chi connectivity index (χ1) is 13.7. The zero-order valence-corrected chi connectivity index (χ0v) is 16.3. The Bertz CT molecular complexity index is 970. The Morgan fingerprint density at radius 2 is 2.00 bits per heavy atom. The first-order valence-electron chi connectivity index (χ1n) is 9.48. The van der Waals surface area contributed by atoms with Gasteiger partial charge in [0.15, 0.2) is 0 Å². The number of ether oxygens (including phenoxy) is 1. The number of nitrogens with two attached hydrogens (primary N) is 1. The molecule has 0 saturated carbocycles. The van der Waals surface area contributed by atoms with Gasteiger partial charge in [-0.25, -0.2) is 4.98 Å². The zero-order chi connectivity index (χ0) is 19.5. The summed E-state index contributed by atoms with van der Waals surface area (Å²) >= 11 is 5.93. The minimum Gasteiger partial charge on any atom is -0.486 e. The van der Waals surface area contributed by atoms with Gasteiger partial charge in [0.2, 0.25) is 5.91 Å². The standard InChI is InChI=1S/C21H23ClN4O2/c22-15-7-9-17(10-8-15)28-14-20-24-18-5-1-2-6-19(18)26(20)13-21(27)25-11-3-4-16(25)12-23/h1-2,5-10,16H,3-4,11-14,23H2. The van der Waals surface area contributed by atoms with Crippen molar-refractivity contribution < 1.29 is 9.53 Å². The van der Waals surface area contributed by atoms with E-state index >= 15 is 0 Å². The third-order valence-electron chi connectivity index (χ3n) is 5.18. The fourth-order valence-corrected chi connectivity index (χ4v) is 3.85. The van der Waals surface area contributed by atoms with Crippen LogP contribution in [0.5, 0.6) is 5.75 Å². The fraction of sp³-hybridized carbons (Fsp3) is 0.333. The summed E-state index contributed by atoms with van der Waals surface area (Å²) < 4.78 is 7.82. The number of fused-ring (bicyclic) bond motifs is 1. The topological polar surface area (TPSA) is 73.4 Å². The van der Waals surface area contributed by atoms with Crippen molar-refractivity contribution in [2.24, 2.45) is 5.73 Å². The average Bonchev–Trinajstić information content (AvgIpc) is 3.32. The second kappa shape index (κ2) is 8.20. The quantitative estimate of drug-likeness (QED) is 0.691. The van der Waals surface area contributed by atoms with Crippen LogP contribution in [0, 0.1) is 0 Å². The molecule has 1 atom stereocenters. The first kappa shape index (κ1) is 18.8. The molecule has 3 aromatic rings. The summed E-state index contributed by atoms with van der Waals surface area (Å²) in [6, 6.07) is 15.1. The van der Waals surface area contributed by atoms with Gasteiger partial charge in [0, 0.05) is 24.2 Å². The number of rotatable bonds is 6. The number of imidazole rings is 1. The molecule has 0 radical (unpaired) electrons. The lowest BCUT2D eigenvalue weighted by atomic mass is 10.2. The first-order valence-corrected chi connectivity index (χ1v) is 9.85. The van der Waals surface area contributed by atoms with Crippen molar-refractivity contribution in [3.05, 3.63) is 59.4 Å². The van der Waals surface area contributed by atoms with Gasteiger partial charge in [0.25, 0.3) is 0 Å². The molecule has 2 N–H and O–H groups in total. The Balaban J connectivity index is 1.58. The van der Waals surface area contributed by atoms with Crippen molar-refractivity contribution in [2.75, 3.05) is 13.1 Å². The van der Waals surface area contributed by atoms with Gasteiger partial charge in [-0.1, -0.05) is 23.7 Å². The molecule has 1 aliphatic heterocycles. The van der Waals surface area contributed by atoms with Crippen LogP contribution >= 0.6 is 11.6 Å². The van der Waals surface area contributed by atoms with E-state index in [1.165, 1.54) is 0 Å². The minimum absolute atomic E-state index is 0.0730. The molecule has 28 heavy (non-hydrogen) atoms. The molecule has 0 spiro atoms. The Hall–Kier alpha value is -2.57. The Morgan fingerprint density at radius 1 is 1.21 bits per heavy atom. The summed E-state index contributed by atoms with van der Waals surface area (Å²) in [5.74, 6) is 1.49. The van der Waals surface area contributed by atoms with Gasteiger partial charge < -0.3 is 19.9 Å². The van der Waals surface area contributed by atoms with Crippen molar-refractivity contribution in [1.82, 2.24) is 14.5 Å². The maximum atomic E-state index is 13.0. The number of nitrogens with zero attached hydrogens (tertiary/aromatic N) is 3. The minimum atomic E-state index is 0.0730. The molecule has 1 saturated heterocycles. The average molecular weight is 399 g/mol. The lowest BCUT2D eigenvalue weighted by molar-refractivity contribution is -0.132. The third-order valence-corrected chi connectivity index (χ3v) is 5.43. The lowest BCUT2D eigenvalue weighted by Crippen LogP contribution is -2.41. The van der Waals surface area contributed by atoms with Crippen LogP contribution in [0.1, 0.15) is 18.7 Å². The molecule has 7 heteroatoms. The van der Waals surface area contributed by atoms with E-state index in [9.17, 15) is 4.79 Å². The number of aromatic nitrogens is 2. The number of carbonyl (C=O) groups is 1. The molecule has 146 valence electrons. The maximum Gasteiger partial charge on any atom is 0.242 e. The highest BCUT2D eigenvalue weighted by Crippen LogP contribution is 2.22. The van der Waals surface area contributed by atoms with Crippen LogP contribution in [0.25, 0.3) is 11.0 Å². The summed E-state index contributed by atoms with van der Waals surface area (Å²) in [6.45, 7) is 1.77. The van der Waals surface area contributed by atoms with Crippen molar-refractivity contribution in [1.29, 1.82) is 0 Å². The normalized spacial score (nSPS) is 16.6. The molecule has 2 heterocycles. The monoisotopic (exact) mass is 398 g/mol. The van der Waals surface area contributed by atoms with Crippen LogP contribution in [0.2, 0.25) is 5.02 Å². The van der Waals surface area contributed by atoms with Gasteiger partial charge in [0.1, 0.15) is 24.7 Å². The van der Waals surface area contributed by atoms with Crippen LogP contribution in [-0.4, -0.2) is 39.5 Å². The predicted molar refractivity (Wildman–Crippen MR) is 109 cm³/mol. The molecular formula is C21H23ClN4O2. The van der Waals surface area contributed by atoms with Gasteiger partial charge in [0.05, 0.1) is 11.0 Å². The summed E-state index contributed by atoms with van der Waals surface area (Å²) in [6.07, 6.45) is 1.98. The molecule has 1 aliphatic rings. The summed E-state index contributed by atoms with van der Waals surface area (Å²) in [4.78, 5) is 19.5. The molecule has 2 aromatic carbocycles. The van der Waals surface area contributed by atoms with E-state index in [2.05, 4.69) is 4.98 Å². The highest BCUT2D eigenvalue weighted by Gasteiger charge is 2.28. The number of hydrogen-bond acceptors (Lipinski definition) is 4. The van der Waals surface area contributed by atoms with E-state index in [1.807, 2.05) is 45.9 Å². The van der Waals surface area contributed by atoms with Gasteiger partial charge in [-0.15, -0.1) is 0 Å². The van der Waals surface area contributed by atoms with Crippen LogP contribution in [0.4, 0.5) is 0 Å². The third kappa shape index (κ3) is 3.84. The second-order valence-electron chi connectivity index (χ2n) is 6.96. The number of para-hydroxylation sites is 2. The summed E-state index contributed by atoms with van der Waals surface area (Å²) in [5.41, 5.74) is 7.61. The summed E-state index contributed by atoms with van der Waals surface area (Å²) in [5, 5.41) is 0.658. The predicted octanol–water partition coefficient (Wildman–Crippen LogP) is 3.22. The van der Waals surface area contributed by atoms with E-state index in [0.29, 0.717) is 23.1 Å². The fourth-order valence-electron chi connectivity index (χ4n) is 3.73. The largest absolute Gasteiger partial charge is 0.486 e. The van der Waals surface area contributed by atoms with E-state index in [0.717, 1.165) is 30.4 Å². The van der Waals surface area contributed by atoms with E-state index in [-0.39, 0.29) is 25.1 Å². The molecule has 1 amide bonds. The van der Waals surface area contributed by atoms with E-state index in [4.69, 9.17) is 22.1 Å². The van der Waals surface area contributed by atoms with Crippen LogP contribution < -0.4 is 10.5 Å². The van der Waals surface area contributed by atoms with Gasteiger partial charge in [-0.05, 0) is 49.2 Å². The molecule has 1 aromatic heterocycles. The van der Waals surface area contributed by atoms with Gasteiger partial charge in [-0.2, -0.15) is 0 Å². The van der Waals surface area contributed by atoms with Crippen molar-refractivity contribution in [3.63, 3.8) is 0 Å². The summed E-state index contributed by atoms with van der Waals surface area (Å²) in [7, 11) is 0. The molecular weight excluding hydrogens is 376 g/mol. The smallest absolute Gasteiger partial charge is 0.242 e. The molecule has 4 rings (SSSR count). The van der Waals surface area contributed by atoms with Crippen LogP contribution in [0.15, 0.2) is 48.5 Å². The maximum absolute atomic E-state index is 13.0. The highest BCUT2D eigenvalue weighted by atomic mass is 35.5. The van der Waals surface area contributed by atoms with Crippen LogP contribution in [-0.2, 0) is 17.9 Å². The molecule has 0 aliphatic carbocycles. The number of likely N-dealkylation sites (tertiary alicyclic amines) is 1. The Labute approximate surface area is 168 Å². The Kier molecular flexibility index (Phi) is 5.50. The Morgan fingerprint density at radius 3 is 2.79 bits per heavy atom. The van der Waals surface area contributed by atoms with Crippen molar-refractivity contribution in [3.8, 4) is 5.75 Å². The van der Waals surface area contributed by atoms with E-state index in [1.54, 1.807) is 12.1 Å².